The largest absolute Gasteiger partial charge is 0.493 e. The monoisotopic (exact) mass is 322 g/mol. The standard InChI is InChI=1S/C18H30N2O3/c1-17(2)11-14(21)12-18(3,4)20(17)8-9-23-16-10-13(19)6-7-15(16)22-5/h6-7,10,14,21H,8-9,11-12,19H2,1-5H3. The summed E-state index contributed by atoms with van der Waals surface area (Å²) in [5.41, 5.74) is 6.35. The molecule has 5 heteroatoms. The second kappa shape index (κ2) is 6.57. The van der Waals surface area contributed by atoms with Crippen molar-refractivity contribution in [1.82, 2.24) is 4.90 Å². The third-order valence-electron chi connectivity index (χ3n) is 4.69. The molecule has 23 heavy (non-hydrogen) atoms. The molecule has 0 atom stereocenters. The van der Waals surface area contributed by atoms with Gasteiger partial charge in [0.15, 0.2) is 11.5 Å². The maximum atomic E-state index is 10.1. The molecule has 1 fully saturated rings. The Kier molecular flexibility index (Phi) is 5.11. The van der Waals surface area contributed by atoms with Gasteiger partial charge in [0.25, 0.3) is 0 Å². The lowest BCUT2D eigenvalue weighted by Crippen LogP contribution is -2.62. The first-order valence-corrected chi connectivity index (χ1v) is 8.18. The first-order chi connectivity index (χ1) is 10.7. The minimum atomic E-state index is -0.244. The van der Waals surface area contributed by atoms with E-state index in [1.807, 2.05) is 6.07 Å². The maximum absolute atomic E-state index is 10.1. The smallest absolute Gasteiger partial charge is 0.163 e. The number of benzene rings is 1. The van der Waals surface area contributed by atoms with Crippen molar-refractivity contribution < 1.29 is 14.6 Å². The summed E-state index contributed by atoms with van der Waals surface area (Å²) >= 11 is 0. The number of aliphatic hydroxyl groups excluding tert-OH is 1. The molecular weight excluding hydrogens is 292 g/mol. The average molecular weight is 322 g/mol. The molecule has 0 unspecified atom stereocenters. The van der Waals surface area contributed by atoms with Crippen LogP contribution in [0.25, 0.3) is 0 Å². The Balaban J connectivity index is 2.04. The zero-order chi connectivity index (χ0) is 17.3. The van der Waals surface area contributed by atoms with E-state index >= 15 is 0 Å². The fraction of sp³-hybridized carbons (Fsp3) is 0.667. The van der Waals surface area contributed by atoms with Crippen molar-refractivity contribution in [3.63, 3.8) is 0 Å². The first-order valence-electron chi connectivity index (χ1n) is 8.18. The molecule has 0 saturated carbocycles. The van der Waals surface area contributed by atoms with Gasteiger partial charge in [-0.15, -0.1) is 0 Å². The average Bonchev–Trinajstić information content (AvgIpc) is 2.40. The zero-order valence-electron chi connectivity index (χ0n) is 14.9. The van der Waals surface area contributed by atoms with Crippen molar-refractivity contribution in [2.75, 3.05) is 26.0 Å². The number of anilines is 1. The van der Waals surface area contributed by atoms with Crippen LogP contribution in [-0.4, -0.2) is 47.4 Å². The number of hydrogen-bond acceptors (Lipinski definition) is 5. The van der Waals surface area contributed by atoms with Gasteiger partial charge in [0.1, 0.15) is 6.61 Å². The molecule has 1 heterocycles. The molecular formula is C18H30N2O3. The summed E-state index contributed by atoms with van der Waals surface area (Å²) < 4.78 is 11.2. The van der Waals surface area contributed by atoms with Crippen molar-refractivity contribution in [2.24, 2.45) is 0 Å². The van der Waals surface area contributed by atoms with Gasteiger partial charge in [0.2, 0.25) is 0 Å². The van der Waals surface area contributed by atoms with Crippen molar-refractivity contribution in [2.45, 2.75) is 57.7 Å². The third kappa shape index (κ3) is 4.09. The summed E-state index contributed by atoms with van der Waals surface area (Å²) in [7, 11) is 1.62. The summed E-state index contributed by atoms with van der Waals surface area (Å²) in [5, 5.41) is 10.1. The second-order valence-electron chi connectivity index (χ2n) is 7.60. The highest BCUT2D eigenvalue weighted by Crippen LogP contribution is 2.38. The Morgan fingerprint density at radius 2 is 1.78 bits per heavy atom. The molecule has 0 amide bonds. The highest BCUT2D eigenvalue weighted by molar-refractivity contribution is 5.51. The highest BCUT2D eigenvalue weighted by atomic mass is 16.5. The van der Waals surface area contributed by atoms with Gasteiger partial charge < -0.3 is 20.3 Å². The Morgan fingerprint density at radius 3 is 2.35 bits per heavy atom. The van der Waals surface area contributed by atoms with Crippen LogP contribution < -0.4 is 15.2 Å². The molecule has 1 aliphatic heterocycles. The number of nitrogens with zero attached hydrogens (tertiary/aromatic N) is 1. The van der Waals surface area contributed by atoms with Crippen molar-refractivity contribution >= 4 is 5.69 Å². The van der Waals surface area contributed by atoms with E-state index in [0.29, 0.717) is 23.8 Å². The second-order valence-corrected chi connectivity index (χ2v) is 7.60. The topological polar surface area (TPSA) is 68.0 Å². The van der Waals surface area contributed by atoms with Gasteiger partial charge in [0.05, 0.1) is 13.2 Å². The van der Waals surface area contributed by atoms with Crippen LogP contribution in [0.5, 0.6) is 11.5 Å². The van der Waals surface area contributed by atoms with E-state index in [1.165, 1.54) is 0 Å². The van der Waals surface area contributed by atoms with E-state index < -0.39 is 0 Å². The van der Waals surface area contributed by atoms with Crippen LogP contribution in [0.4, 0.5) is 5.69 Å². The van der Waals surface area contributed by atoms with Crippen LogP contribution in [0.15, 0.2) is 18.2 Å². The summed E-state index contributed by atoms with van der Waals surface area (Å²) in [5.74, 6) is 1.35. The number of hydrogen-bond donors (Lipinski definition) is 2. The van der Waals surface area contributed by atoms with E-state index in [2.05, 4.69) is 32.6 Å². The lowest BCUT2D eigenvalue weighted by molar-refractivity contribution is -0.0846. The van der Waals surface area contributed by atoms with E-state index in [9.17, 15) is 5.11 Å². The number of methoxy groups -OCH3 is 1. The summed E-state index contributed by atoms with van der Waals surface area (Å²) in [6.45, 7) is 10.0. The lowest BCUT2D eigenvalue weighted by Gasteiger charge is -2.54. The summed E-state index contributed by atoms with van der Waals surface area (Å²) in [6, 6.07) is 5.40. The number of aliphatic hydroxyl groups is 1. The molecule has 130 valence electrons. The van der Waals surface area contributed by atoms with Crippen LogP contribution in [0.3, 0.4) is 0 Å². The van der Waals surface area contributed by atoms with E-state index in [1.54, 1.807) is 19.2 Å². The van der Waals surface area contributed by atoms with Crippen LogP contribution in [0.2, 0.25) is 0 Å². The fourth-order valence-corrected chi connectivity index (χ4v) is 3.92. The number of likely N-dealkylation sites (tertiary alicyclic amines) is 1. The molecule has 5 nitrogen and oxygen atoms in total. The maximum Gasteiger partial charge on any atom is 0.163 e. The molecule has 0 bridgehead atoms. The van der Waals surface area contributed by atoms with E-state index in [-0.39, 0.29) is 17.2 Å². The first kappa shape index (κ1) is 17.9. The molecule has 1 aromatic carbocycles. The molecule has 0 aromatic heterocycles. The predicted molar refractivity (Wildman–Crippen MR) is 93.0 cm³/mol. The normalized spacial score (nSPS) is 21.1. The number of rotatable bonds is 5. The van der Waals surface area contributed by atoms with Gasteiger partial charge in [-0.25, -0.2) is 0 Å². The van der Waals surface area contributed by atoms with Gasteiger partial charge in [-0.1, -0.05) is 0 Å². The predicted octanol–water partition coefficient (Wildman–Crippen LogP) is 2.67. The Hall–Kier alpha value is -1.46. The van der Waals surface area contributed by atoms with E-state index in [4.69, 9.17) is 15.2 Å². The zero-order valence-corrected chi connectivity index (χ0v) is 14.9. The molecule has 2 rings (SSSR count). The van der Waals surface area contributed by atoms with Gasteiger partial charge in [-0.2, -0.15) is 0 Å². The van der Waals surface area contributed by atoms with Crippen LogP contribution in [-0.2, 0) is 0 Å². The Morgan fingerprint density at radius 1 is 1.17 bits per heavy atom. The van der Waals surface area contributed by atoms with Crippen LogP contribution in [0.1, 0.15) is 40.5 Å². The minimum absolute atomic E-state index is 0.0652. The molecule has 0 radical (unpaired) electrons. The summed E-state index contributed by atoms with van der Waals surface area (Å²) in [6.07, 6.45) is 1.31. The Labute approximate surface area is 139 Å². The molecule has 0 spiro atoms. The van der Waals surface area contributed by atoms with Gasteiger partial charge in [-0.3, -0.25) is 4.90 Å². The summed E-state index contributed by atoms with van der Waals surface area (Å²) in [4.78, 5) is 2.42. The third-order valence-corrected chi connectivity index (χ3v) is 4.69. The van der Waals surface area contributed by atoms with Crippen molar-refractivity contribution in [1.29, 1.82) is 0 Å². The Bertz CT molecular complexity index is 525. The van der Waals surface area contributed by atoms with Gasteiger partial charge >= 0.3 is 0 Å². The lowest BCUT2D eigenvalue weighted by atomic mass is 9.78. The van der Waals surface area contributed by atoms with Crippen molar-refractivity contribution in [3.8, 4) is 11.5 Å². The fourth-order valence-electron chi connectivity index (χ4n) is 3.92. The van der Waals surface area contributed by atoms with Crippen LogP contribution >= 0.6 is 0 Å². The van der Waals surface area contributed by atoms with E-state index in [0.717, 1.165) is 19.4 Å². The molecule has 1 aromatic rings. The van der Waals surface area contributed by atoms with Gasteiger partial charge in [-0.05, 0) is 52.7 Å². The number of ether oxygens (including phenoxy) is 2. The number of nitrogens with two attached hydrogens (primary N) is 1. The van der Waals surface area contributed by atoms with Crippen LogP contribution in [0, 0.1) is 0 Å². The molecule has 3 N–H and O–H groups in total. The number of nitrogen functional groups attached to an aromatic ring is 1. The van der Waals surface area contributed by atoms with Gasteiger partial charge in [0, 0.05) is 29.4 Å². The van der Waals surface area contributed by atoms with Crippen molar-refractivity contribution in [3.05, 3.63) is 18.2 Å². The molecule has 1 aliphatic rings. The quantitative estimate of drug-likeness (QED) is 0.816. The molecule has 1 saturated heterocycles. The minimum Gasteiger partial charge on any atom is -0.493 e. The highest BCUT2D eigenvalue weighted by Gasteiger charge is 2.44. The molecule has 0 aliphatic carbocycles. The number of piperidine rings is 1. The SMILES string of the molecule is COc1ccc(N)cc1OCCN1C(C)(C)CC(O)CC1(C)C.